The molecule has 1 heterocycles. The van der Waals surface area contributed by atoms with Gasteiger partial charge in [0.1, 0.15) is 18.0 Å². The predicted octanol–water partition coefficient (Wildman–Crippen LogP) is 2.30. The van der Waals surface area contributed by atoms with Gasteiger partial charge < -0.3 is 10.2 Å². The summed E-state index contributed by atoms with van der Waals surface area (Å²) in [5.74, 6) is 1.08. The molecule has 0 spiro atoms. The number of nitrogens with zero attached hydrogens (tertiary/aromatic N) is 3. The van der Waals surface area contributed by atoms with Crippen molar-refractivity contribution < 1.29 is 13.2 Å². The van der Waals surface area contributed by atoms with Crippen LogP contribution in [0.4, 0.5) is 24.8 Å². The molecule has 0 aliphatic rings. The predicted molar refractivity (Wildman–Crippen MR) is 60.1 cm³/mol. The van der Waals surface area contributed by atoms with Crippen molar-refractivity contribution in [3.8, 4) is 0 Å². The summed E-state index contributed by atoms with van der Waals surface area (Å²) in [5, 5.41) is 2.98. The van der Waals surface area contributed by atoms with E-state index >= 15 is 0 Å². The van der Waals surface area contributed by atoms with E-state index in [1.165, 1.54) is 11.2 Å². The van der Waals surface area contributed by atoms with Crippen LogP contribution >= 0.6 is 0 Å². The molecule has 0 atom stereocenters. The number of aromatic nitrogens is 2. The number of hydrogen-bond donors (Lipinski definition) is 1. The lowest BCUT2D eigenvalue weighted by Crippen LogP contribution is -2.24. The first-order valence-electron chi connectivity index (χ1n) is 5.26. The third-order valence-electron chi connectivity index (χ3n) is 2.13. The number of alkyl halides is 3. The number of hydrogen-bond acceptors (Lipinski definition) is 4. The summed E-state index contributed by atoms with van der Waals surface area (Å²) >= 11 is 0. The van der Waals surface area contributed by atoms with Crippen molar-refractivity contribution in [2.24, 2.45) is 0 Å². The van der Waals surface area contributed by atoms with Crippen molar-refractivity contribution in [1.29, 1.82) is 0 Å². The summed E-state index contributed by atoms with van der Waals surface area (Å²) in [4.78, 5) is 9.33. The molecule has 1 rings (SSSR count). The van der Waals surface area contributed by atoms with E-state index in [1.54, 1.807) is 13.1 Å². The largest absolute Gasteiger partial charge is 0.390 e. The summed E-state index contributed by atoms with van der Waals surface area (Å²) in [6.45, 7) is 2.49. The van der Waals surface area contributed by atoms with E-state index in [0.717, 1.165) is 0 Å². The Balaban J connectivity index is 2.62. The molecule has 1 N–H and O–H groups in total. The molecular formula is C10H15F3N4. The van der Waals surface area contributed by atoms with Gasteiger partial charge >= 0.3 is 6.18 Å². The van der Waals surface area contributed by atoms with Crippen molar-refractivity contribution in [3.63, 3.8) is 0 Å². The van der Waals surface area contributed by atoms with Crippen LogP contribution in [0.25, 0.3) is 0 Å². The summed E-state index contributed by atoms with van der Waals surface area (Å²) < 4.78 is 36.2. The van der Waals surface area contributed by atoms with Crippen LogP contribution in [-0.4, -0.2) is 36.3 Å². The second-order valence-corrected chi connectivity index (χ2v) is 3.58. The van der Waals surface area contributed by atoms with Gasteiger partial charge in [-0.25, -0.2) is 9.97 Å². The minimum atomic E-state index is -4.15. The van der Waals surface area contributed by atoms with Gasteiger partial charge in [-0.2, -0.15) is 13.2 Å². The number of halogens is 3. The van der Waals surface area contributed by atoms with E-state index in [-0.39, 0.29) is 6.54 Å². The quantitative estimate of drug-likeness (QED) is 0.868. The van der Waals surface area contributed by atoms with E-state index in [2.05, 4.69) is 15.3 Å². The van der Waals surface area contributed by atoms with Crippen LogP contribution < -0.4 is 10.2 Å². The Bertz CT molecular complexity index is 354. The van der Waals surface area contributed by atoms with Crippen molar-refractivity contribution in [2.45, 2.75) is 19.5 Å². The van der Waals surface area contributed by atoms with Crippen molar-refractivity contribution in [3.05, 3.63) is 12.4 Å². The third-order valence-corrected chi connectivity index (χ3v) is 2.13. The molecule has 0 fully saturated rings. The highest BCUT2D eigenvalue weighted by atomic mass is 19.4. The minimum Gasteiger partial charge on any atom is -0.370 e. The van der Waals surface area contributed by atoms with Gasteiger partial charge in [0.2, 0.25) is 0 Å². The summed E-state index contributed by atoms with van der Waals surface area (Å²) in [6.07, 6.45) is -3.67. The first kappa shape index (κ1) is 13.5. The van der Waals surface area contributed by atoms with Gasteiger partial charge in [0, 0.05) is 26.2 Å². The summed E-state index contributed by atoms with van der Waals surface area (Å²) in [5.41, 5.74) is 0. The summed E-state index contributed by atoms with van der Waals surface area (Å²) in [6, 6.07) is 1.62. The molecule has 1 aromatic rings. The maximum Gasteiger partial charge on any atom is 0.390 e. The van der Waals surface area contributed by atoms with E-state index in [1.807, 2.05) is 6.92 Å². The highest BCUT2D eigenvalue weighted by Gasteiger charge is 2.27. The van der Waals surface area contributed by atoms with Crippen LogP contribution in [0.1, 0.15) is 13.3 Å². The molecule has 0 bridgehead atoms. The molecule has 0 aromatic carbocycles. The fourth-order valence-corrected chi connectivity index (χ4v) is 1.24. The average molecular weight is 248 g/mol. The molecule has 0 amide bonds. The monoisotopic (exact) mass is 248 g/mol. The lowest BCUT2D eigenvalue weighted by atomic mass is 10.3. The van der Waals surface area contributed by atoms with Crippen molar-refractivity contribution in [1.82, 2.24) is 9.97 Å². The Morgan fingerprint density at radius 2 is 2.06 bits per heavy atom. The van der Waals surface area contributed by atoms with Crippen LogP contribution in [0.15, 0.2) is 12.4 Å². The molecular weight excluding hydrogens is 233 g/mol. The fourth-order valence-electron chi connectivity index (χ4n) is 1.24. The number of rotatable bonds is 5. The van der Waals surface area contributed by atoms with Crippen LogP contribution in [0.2, 0.25) is 0 Å². The zero-order valence-corrected chi connectivity index (χ0v) is 9.75. The van der Waals surface area contributed by atoms with Gasteiger partial charge in [-0.05, 0) is 6.92 Å². The third kappa shape index (κ3) is 4.88. The van der Waals surface area contributed by atoms with E-state index < -0.39 is 12.6 Å². The van der Waals surface area contributed by atoms with Crippen molar-refractivity contribution >= 4 is 11.6 Å². The Morgan fingerprint density at radius 1 is 1.35 bits per heavy atom. The zero-order chi connectivity index (χ0) is 12.9. The molecule has 0 radical (unpaired) electrons. The van der Waals surface area contributed by atoms with Gasteiger partial charge in [0.05, 0.1) is 6.42 Å². The molecule has 0 aliphatic heterocycles. The average Bonchev–Trinajstić information content (AvgIpc) is 2.26. The second kappa shape index (κ2) is 5.70. The van der Waals surface area contributed by atoms with E-state index in [9.17, 15) is 13.2 Å². The Labute approximate surface area is 97.9 Å². The molecule has 1 aromatic heterocycles. The number of nitrogens with one attached hydrogen (secondary N) is 1. The SMILES string of the molecule is CCNc1cc(N(C)CCC(F)(F)F)ncn1. The molecule has 4 nitrogen and oxygen atoms in total. The van der Waals surface area contributed by atoms with Crippen LogP contribution in [0.5, 0.6) is 0 Å². The van der Waals surface area contributed by atoms with E-state index in [0.29, 0.717) is 18.2 Å². The molecule has 0 unspecified atom stereocenters. The fraction of sp³-hybridized carbons (Fsp3) is 0.600. The first-order valence-corrected chi connectivity index (χ1v) is 5.26. The minimum absolute atomic E-state index is 0.119. The normalized spacial score (nSPS) is 11.4. The molecule has 0 saturated carbocycles. The van der Waals surface area contributed by atoms with Crippen LogP contribution in [0.3, 0.4) is 0 Å². The highest BCUT2D eigenvalue weighted by molar-refractivity contribution is 5.47. The van der Waals surface area contributed by atoms with Gasteiger partial charge in [0.15, 0.2) is 0 Å². The molecule has 17 heavy (non-hydrogen) atoms. The van der Waals surface area contributed by atoms with Gasteiger partial charge in [-0.3, -0.25) is 0 Å². The second-order valence-electron chi connectivity index (χ2n) is 3.58. The van der Waals surface area contributed by atoms with Gasteiger partial charge in [-0.1, -0.05) is 0 Å². The smallest absolute Gasteiger partial charge is 0.370 e. The first-order chi connectivity index (χ1) is 7.92. The lowest BCUT2D eigenvalue weighted by Gasteiger charge is -2.19. The molecule has 96 valence electrons. The van der Waals surface area contributed by atoms with Crippen LogP contribution in [-0.2, 0) is 0 Å². The summed E-state index contributed by atoms with van der Waals surface area (Å²) in [7, 11) is 1.57. The van der Waals surface area contributed by atoms with Gasteiger partial charge in [-0.15, -0.1) is 0 Å². The lowest BCUT2D eigenvalue weighted by molar-refractivity contribution is -0.132. The zero-order valence-electron chi connectivity index (χ0n) is 9.75. The molecule has 0 aliphatic carbocycles. The Morgan fingerprint density at radius 3 is 2.65 bits per heavy atom. The highest BCUT2D eigenvalue weighted by Crippen LogP contribution is 2.21. The maximum absolute atomic E-state index is 12.1. The topological polar surface area (TPSA) is 41.0 Å². The van der Waals surface area contributed by atoms with Gasteiger partial charge in [0.25, 0.3) is 0 Å². The maximum atomic E-state index is 12.1. The number of anilines is 2. The molecule has 7 heteroatoms. The Kier molecular flexibility index (Phi) is 4.53. The van der Waals surface area contributed by atoms with Crippen molar-refractivity contribution in [2.75, 3.05) is 30.4 Å². The Hall–Kier alpha value is -1.53. The standard InChI is InChI=1S/C10H15F3N4/c1-3-14-8-6-9(16-7-15-8)17(2)5-4-10(11,12)13/h6-7H,3-5H2,1-2H3,(H,14,15,16). The van der Waals surface area contributed by atoms with Crippen LogP contribution in [0, 0.1) is 0 Å². The molecule has 0 saturated heterocycles. The van der Waals surface area contributed by atoms with E-state index in [4.69, 9.17) is 0 Å².